The molecule has 1 atom stereocenters. The molecule has 4 aliphatic carbocycles. The third kappa shape index (κ3) is 7.59. The standard InChI is InChI=1S/C29H46N4O3/c1-21(13-22-5-8-30-9-6-22)20-32-26(34)33(12-10-31-27(35)36-28(2,3)4)11-7-29-17-23-14-24(18-29)16-25(15-23)19-29/h5-6,8-9,21,23-25H,7,10-20H2,1-4H3,(H,31,35)(H,32,34)/t21-,23?,24?,25?,29?/m0/s1. The van der Waals surface area contributed by atoms with Gasteiger partial charge in [-0.3, -0.25) is 4.98 Å². The molecular formula is C29H46N4O3. The van der Waals surface area contributed by atoms with Gasteiger partial charge in [0, 0.05) is 38.6 Å². The van der Waals surface area contributed by atoms with Gasteiger partial charge in [0.2, 0.25) is 0 Å². The van der Waals surface area contributed by atoms with Gasteiger partial charge in [0.1, 0.15) is 5.60 Å². The van der Waals surface area contributed by atoms with E-state index in [1.54, 1.807) is 0 Å². The van der Waals surface area contributed by atoms with E-state index in [1.165, 1.54) is 44.1 Å². The van der Waals surface area contributed by atoms with Gasteiger partial charge in [-0.1, -0.05) is 6.92 Å². The number of hydrogen-bond acceptors (Lipinski definition) is 4. The summed E-state index contributed by atoms with van der Waals surface area (Å²) in [6.45, 7) is 9.94. The number of urea groups is 1. The van der Waals surface area contributed by atoms with Crippen molar-refractivity contribution >= 4 is 12.1 Å². The van der Waals surface area contributed by atoms with Crippen LogP contribution in [0.15, 0.2) is 24.5 Å². The summed E-state index contributed by atoms with van der Waals surface area (Å²) in [5.74, 6) is 3.03. The van der Waals surface area contributed by atoms with Gasteiger partial charge in [0.05, 0.1) is 0 Å². The van der Waals surface area contributed by atoms with E-state index < -0.39 is 11.7 Å². The molecule has 4 bridgehead atoms. The SMILES string of the molecule is C[C@H](CNC(=O)N(CCNC(=O)OC(C)(C)C)CCC12CC3CC(CC(C3)C1)C2)Cc1ccncc1. The van der Waals surface area contributed by atoms with Crippen LogP contribution >= 0.6 is 0 Å². The van der Waals surface area contributed by atoms with Gasteiger partial charge in [0.25, 0.3) is 0 Å². The number of nitrogens with zero attached hydrogens (tertiary/aromatic N) is 2. The number of carbonyl (C=O) groups excluding carboxylic acids is 2. The van der Waals surface area contributed by atoms with Crippen LogP contribution in [0.5, 0.6) is 0 Å². The highest BCUT2D eigenvalue weighted by Gasteiger charge is 2.50. The largest absolute Gasteiger partial charge is 0.444 e. The Balaban J connectivity index is 1.31. The van der Waals surface area contributed by atoms with Crippen molar-refractivity contribution in [3.05, 3.63) is 30.1 Å². The van der Waals surface area contributed by atoms with Gasteiger partial charge in [-0.15, -0.1) is 0 Å². The Morgan fingerprint density at radius 1 is 1.06 bits per heavy atom. The lowest BCUT2D eigenvalue weighted by Gasteiger charge is -2.57. The second-order valence-corrected chi connectivity index (χ2v) is 12.9. The van der Waals surface area contributed by atoms with Crippen LogP contribution in [0.3, 0.4) is 0 Å². The minimum atomic E-state index is -0.537. The summed E-state index contributed by atoms with van der Waals surface area (Å²) in [6, 6.07) is 4.02. The molecule has 4 fully saturated rings. The van der Waals surface area contributed by atoms with E-state index in [9.17, 15) is 9.59 Å². The Labute approximate surface area is 217 Å². The van der Waals surface area contributed by atoms with Crippen LogP contribution < -0.4 is 10.6 Å². The monoisotopic (exact) mass is 498 g/mol. The summed E-state index contributed by atoms with van der Waals surface area (Å²) in [5.41, 5.74) is 1.11. The maximum absolute atomic E-state index is 13.3. The lowest BCUT2D eigenvalue weighted by Crippen LogP contribution is -2.50. The summed E-state index contributed by atoms with van der Waals surface area (Å²) >= 11 is 0. The smallest absolute Gasteiger partial charge is 0.407 e. The average Bonchev–Trinajstić information content (AvgIpc) is 2.78. The molecule has 4 saturated carbocycles. The zero-order valence-electron chi connectivity index (χ0n) is 22.7. The lowest BCUT2D eigenvalue weighted by atomic mass is 9.49. The molecule has 0 radical (unpaired) electrons. The summed E-state index contributed by atoms with van der Waals surface area (Å²) in [7, 11) is 0. The topological polar surface area (TPSA) is 83.6 Å². The van der Waals surface area contributed by atoms with Gasteiger partial charge >= 0.3 is 12.1 Å². The number of nitrogens with one attached hydrogen (secondary N) is 2. The first-order chi connectivity index (χ1) is 17.1. The maximum atomic E-state index is 13.3. The second-order valence-electron chi connectivity index (χ2n) is 12.9. The summed E-state index contributed by atoms with van der Waals surface area (Å²) in [6.07, 6.45) is 13.5. The quantitative estimate of drug-likeness (QED) is 0.452. The second kappa shape index (κ2) is 11.4. The summed E-state index contributed by atoms with van der Waals surface area (Å²) in [4.78, 5) is 31.4. The fraction of sp³-hybridized carbons (Fsp3) is 0.759. The number of pyridine rings is 1. The number of aromatic nitrogens is 1. The Morgan fingerprint density at radius 2 is 1.67 bits per heavy atom. The van der Waals surface area contributed by atoms with Crippen LogP contribution in [0.4, 0.5) is 9.59 Å². The van der Waals surface area contributed by atoms with E-state index in [1.807, 2.05) is 50.2 Å². The molecular weight excluding hydrogens is 452 g/mol. The summed E-state index contributed by atoms with van der Waals surface area (Å²) in [5, 5.41) is 5.99. The zero-order valence-corrected chi connectivity index (χ0v) is 22.7. The third-order valence-electron chi connectivity index (χ3n) is 8.35. The molecule has 0 aliphatic heterocycles. The number of hydrogen-bond donors (Lipinski definition) is 2. The number of alkyl carbamates (subject to hydrolysis) is 1. The number of ether oxygens (including phenoxy) is 1. The molecule has 0 aromatic carbocycles. The van der Waals surface area contributed by atoms with E-state index in [0.717, 1.165) is 37.1 Å². The summed E-state index contributed by atoms with van der Waals surface area (Å²) < 4.78 is 5.37. The molecule has 1 heterocycles. The van der Waals surface area contributed by atoms with Crippen molar-refractivity contribution in [1.29, 1.82) is 0 Å². The Hall–Kier alpha value is -2.31. The van der Waals surface area contributed by atoms with Crippen molar-refractivity contribution in [3.8, 4) is 0 Å². The molecule has 0 unspecified atom stereocenters. The zero-order chi connectivity index (χ0) is 25.8. The third-order valence-corrected chi connectivity index (χ3v) is 8.35. The van der Waals surface area contributed by atoms with E-state index in [4.69, 9.17) is 4.74 Å². The first kappa shape index (κ1) is 26.7. The van der Waals surface area contributed by atoms with Gasteiger partial charge in [-0.25, -0.2) is 9.59 Å². The van der Waals surface area contributed by atoms with Gasteiger partial charge in [-0.05, 0) is 119 Å². The Morgan fingerprint density at radius 3 is 2.25 bits per heavy atom. The predicted molar refractivity (Wildman–Crippen MR) is 142 cm³/mol. The van der Waals surface area contributed by atoms with Crippen molar-refractivity contribution < 1.29 is 14.3 Å². The minimum absolute atomic E-state index is 0.0349. The van der Waals surface area contributed by atoms with Crippen LogP contribution in [0.1, 0.15) is 78.2 Å². The maximum Gasteiger partial charge on any atom is 0.407 e. The fourth-order valence-electron chi connectivity index (χ4n) is 7.26. The minimum Gasteiger partial charge on any atom is -0.444 e. The molecule has 3 amide bonds. The van der Waals surface area contributed by atoms with Crippen LogP contribution in [0.2, 0.25) is 0 Å². The Bertz CT molecular complexity index is 847. The molecule has 2 N–H and O–H groups in total. The van der Waals surface area contributed by atoms with E-state index in [0.29, 0.717) is 31.0 Å². The van der Waals surface area contributed by atoms with Crippen molar-refractivity contribution in [2.45, 2.75) is 84.7 Å². The molecule has 7 nitrogen and oxygen atoms in total. The van der Waals surface area contributed by atoms with Gasteiger partial charge in [-0.2, -0.15) is 0 Å². The molecule has 200 valence electrons. The van der Waals surface area contributed by atoms with Crippen molar-refractivity contribution in [2.75, 3.05) is 26.2 Å². The first-order valence-electron chi connectivity index (χ1n) is 14.0. The molecule has 36 heavy (non-hydrogen) atoms. The Kier molecular flexibility index (Phi) is 8.46. The first-order valence-corrected chi connectivity index (χ1v) is 14.0. The molecule has 7 heteroatoms. The molecule has 0 spiro atoms. The number of carbonyl (C=O) groups is 2. The van der Waals surface area contributed by atoms with Crippen LogP contribution in [-0.2, 0) is 11.2 Å². The highest BCUT2D eigenvalue weighted by Crippen LogP contribution is 2.61. The van der Waals surface area contributed by atoms with Crippen LogP contribution in [0.25, 0.3) is 0 Å². The molecule has 5 rings (SSSR count). The molecule has 1 aromatic rings. The normalized spacial score (nSPS) is 27.4. The number of rotatable bonds is 10. The van der Waals surface area contributed by atoms with Gasteiger partial charge in [0.15, 0.2) is 0 Å². The highest BCUT2D eigenvalue weighted by molar-refractivity contribution is 5.74. The lowest BCUT2D eigenvalue weighted by molar-refractivity contribution is -0.0596. The molecule has 1 aromatic heterocycles. The van der Waals surface area contributed by atoms with Crippen molar-refractivity contribution in [3.63, 3.8) is 0 Å². The van der Waals surface area contributed by atoms with E-state index in [-0.39, 0.29) is 6.03 Å². The van der Waals surface area contributed by atoms with Gasteiger partial charge < -0.3 is 20.3 Å². The van der Waals surface area contributed by atoms with Crippen molar-refractivity contribution in [2.24, 2.45) is 29.1 Å². The average molecular weight is 499 g/mol. The van der Waals surface area contributed by atoms with Crippen molar-refractivity contribution in [1.82, 2.24) is 20.5 Å². The van der Waals surface area contributed by atoms with Crippen LogP contribution in [0, 0.1) is 29.1 Å². The van der Waals surface area contributed by atoms with E-state index >= 15 is 0 Å². The highest BCUT2D eigenvalue weighted by atomic mass is 16.6. The van der Waals surface area contributed by atoms with Crippen LogP contribution in [-0.4, -0.2) is 53.8 Å². The molecule has 0 saturated heterocycles. The fourth-order valence-corrected chi connectivity index (χ4v) is 7.26. The number of amides is 3. The predicted octanol–water partition coefficient (Wildman–Crippen LogP) is 5.40. The molecule has 4 aliphatic rings. The van der Waals surface area contributed by atoms with E-state index in [2.05, 4.69) is 22.5 Å².